The van der Waals surface area contributed by atoms with Crippen LogP contribution in [0.3, 0.4) is 0 Å². The van der Waals surface area contributed by atoms with Crippen LogP contribution in [-0.2, 0) is 13.2 Å². The van der Waals surface area contributed by atoms with Gasteiger partial charge in [-0.2, -0.15) is 0 Å². The maximum Gasteiger partial charge on any atom is 1.00 e. The van der Waals surface area contributed by atoms with E-state index in [0.29, 0.717) is 24.5 Å². The molecule has 0 aliphatic rings. The molecule has 0 fully saturated rings. The quantitative estimate of drug-likeness (QED) is 0.283. The average molecular weight is 525 g/mol. The number of carbonyl (C=O) groups excluding carboxylic acids is 1. The van der Waals surface area contributed by atoms with Crippen molar-refractivity contribution in [2.45, 2.75) is 20.1 Å². The number of ether oxygens (including phenoxy) is 1. The second-order valence-electron chi connectivity index (χ2n) is 9.01. The summed E-state index contributed by atoms with van der Waals surface area (Å²) in [6.45, 7) is 3.88. The molecule has 10 heteroatoms. The van der Waals surface area contributed by atoms with E-state index in [1.54, 1.807) is 24.3 Å². The summed E-state index contributed by atoms with van der Waals surface area (Å²) in [4.78, 5) is 40.3. The van der Waals surface area contributed by atoms with Crippen LogP contribution >= 0.6 is 0 Å². The summed E-state index contributed by atoms with van der Waals surface area (Å²) < 4.78 is 11.6. The number of amides is 1. The minimum atomic E-state index is -0.903. The molecule has 4 aromatic rings. The van der Waals surface area contributed by atoms with Crippen LogP contribution < -0.4 is 56.0 Å². The van der Waals surface area contributed by atoms with E-state index in [-0.39, 0.29) is 42.0 Å². The van der Waals surface area contributed by atoms with Crippen LogP contribution in [0.4, 0.5) is 0 Å². The van der Waals surface area contributed by atoms with Crippen LogP contribution in [0.25, 0.3) is 11.1 Å². The van der Waals surface area contributed by atoms with E-state index in [9.17, 15) is 14.4 Å². The number of rotatable bonds is 10. The molecule has 0 bridgehead atoms. The number of hydrogen-bond donors (Lipinski definition) is 1. The van der Waals surface area contributed by atoms with Gasteiger partial charge in [0.2, 0.25) is 0 Å². The zero-order valence-corrected chi connectivity index (χ0v) is 24.1. The van der Waals surface area contributed by atoms with Crippen LogP contribution in [0, 0.1) is 6.92 Å². The number of carbonyl (C=O) groups is 1. The fourth-order valence-corrected chi connectivity index (χ4v) is 3.86. The second-order valence-corrected chi connectivity index (χ2v) is 9.01. The standard InChI is InChI=1S/C28H30N4O5.Na/c1-19-15-23(26(33)29-13-14-31(2)3)9-12-25(19)22-6-4-5-21(16-22)18-36-24-10-7-20(8-11-24)17-32-27(34)30-28(35)37-32;/h4-12,15-16H,13-14,17-18H2,1-3H3,(H2,29,30,33,34,35);/q;+1/p-1. The van der Waals surface area contributed by atoms with Crippen molar-refractivity contribution in [3.05, 3.63) is 110 Å². The van der Waals surface area contributed by atoms with Crippen LogP contribution in [-0.4, -0.2) is 42.7 Å². The van der Waals surface area contributed by atoms with Crippen molar-refractivity contribution >= 4 is 5.91 Å². The van der Waals surface area contributed by atoms with Gasteiger partial charge in [-0.25, -0.2) is 4.79 Å². The smallest absolute Gasteiger partial charge is 0.489 e. The van der Waals surface area contributed by atoms with Gasteiger partial charge in [-0.3, -0.25) is 14.3 Å². The number of benzene rings is 3. The molecule has 9 nitrogen and oxygen atoms in total. The molecule has 192 valence electrons. The molecule has 0 aliphatic carbocycles. The van der Waals surface area contributed by atoms with E-state index in [1.165, 1.54) is 0 Å². The van der Waals surface area contributed by atoms with Crippen molar-refractivity contribution in [3.8, 4) is 16.9 Å². The first-order valence-electron chi connectivity index (χ1n) is 11.9. The SMILES string of the molecule is Cc1cc(C(=O)NCCN(C)C)ccc1-c1cccc(COc2ccc(Cn3oc(=O)[n-]c3=O)cc2)c1.[Na+]. The van der Waals surface area contributed by atoms with Gasteiger partial charge in [-0.15, -0.1) is 0 Å². The maximum atomic E-state index is 12.4. The molecule has 1 amide bonds. The number of hydrogen-bond acceptors (Lipinski definition) is 6. The van der Waals surface area contributed by atoms with Gasteiger partial charge >= 0.3 is 35.3 Å². The second kappa shape index (κ2) is 13.4. The van der Waals surface area contributed by atoms with E-state index in [4.69, 9.17) is 9.26 Å². The van der Waals surface area contributed by atoms with Gasteiger partial charge in [-0.1, -0.05) is 36.4 Å². The monoisotopic (exact) mass is 524 g/mol. The Bertz CT molecular complexity index is 1490. The molecule has 3 aromatic carbocycles. The largest absolute Gasteiger partial charge is 1.00 e. The molecule has 1 N–H and O–H groups in total. The maximum absolute atomic E-state index is 12.4. The topological polar surface area (TPSA) is 108 Å². The Balaban J connectivity index is 0.00000400. The third-order valence-electron chi connectivity index (χ3n) is 5.81. The molecule has 0 saturated heterocycles. The molecule has 0 unspecified atom stereocenters. The number of nitrogens with one attached hydrogen (secondary N) is 1. The Morgan fingerprint density at radius 1 is 1.03 bits per heavy atom. The normalized spacial score (nSPS) is 10.7. The molecular weight excluding hydrogens is 495 g/mol. The van der Waals surface area contributed by atoms with Crippen molar-refractivity contribution in [1.29, 1.82) is 0 Å². The predicted molar refractivity (Wildman–Crippen MR) is 140 cm³/mol. The van der Waals surface area contributed by atoms with Gasteiger partial charge in [0, 0.05) is 25.2 Å². The summed E-state index contributed by atoms with van der Waals surface area (Å²) >= 11 is 0. The Hall–Kier alpha value is -3.37. The summed E-state index contributed by atoms with van der Waals surface area (Å²) in [6, 6.07) is 21.0. The first-order chi connectivity index (χ1) is 17.8. The molecule has 0 saturated carbocycles. The van der Waals surface area contributed by atoms with Crippen molar-refractivity contribution in [2.75, 3.05) is 27.2 Å². The minimum absolute atomic E-state index is 0. The van der Waals surface area contributed by atoms with Crippen molar-refractivity contribution < 1.29 is 43.6 Å². The van der Waals surface area contributed by atoms with E-state index in [1.807, 2.05) is 62.3 Å². The van der Waals surface area contributed by atoms with Gasteiger partial charge in [0.25, 0.3) is 5.91 Å². The van der Waals surface area contributed by atoms with E-state index in [0.717, 1.165) is 39.1 Å². The third kappa shape index (κ3) is 7.82. The zero-order valence-electron chi connectivity index (χ0n) is 22.1. The number of aryl methyl sites for hydroxylation is 1. The molecule has 0 spiro atoms. The van der Waals surface area contributed by atoms with Gasteiger partial charge < -0.3 is 24.5 Å². The summed E-state index contributed by atoms with van der Waals surface area (Å²) in [5.74, 6) is -0.309. The average Bonchev–Trinajstić information content (AvgIpc) is 3.19. The molecule has 0 atom stereocenters. The van der Waals surface area contributed by atoms with Crippen molar-refractivity contribution in [1.82, 2.24) is 19.9 Å². The van der Waals surface area contributed by atoms with Crippen molar-refractivity contribution in [3.63, 3.8) is 0 Å². The molecule has 1 aromatic heterocycles. The number of nitrogens with zero attached hydrogens (tertiary/aromatic N) is 3. The van der Waals surface area contributed by atoms with Crippen LogP contribution in [0.5, 0.6) is 5.75 Å². The Morgan fingerprint density at radius 2 is 1.79 bits per heavy atom. The molecule has 0 radical (unpaired) electrons. The molecule has 1 heterocycles. The Kier molecular flexibility index (Phi) is 10.3. The summed E-state index contributed by atoms with van der Waals surface area (Å²) in [6.07, 6.45) is 0. The molecular formula is C28H29N4NaO5. The van der Waals surface area contributed by atoms with Gasteiger partial charge in [-0.05, 0) is 79.2 Å². The number of likely N-dealkylation sites (N-methyl/N-ethyl adjacent to an activating group) is 1. The van der Waals surface area contributed by atoms with Gasteiger partial charge in [0.15, 0.2) is 5.69 Å². The van der Waals surface area contributed by atoms with E-state index in [2.05, 4.69) is 16.4 Å². The van der Waals surface area contributed by atoms with E-state index < -0.39 is 11.4 Å². The Morgan fingerprint density at radius 3 is 2.45 bits per heavy atom. The first kappa shape index (κ1) is 29.2. The summed E-state index contributed by atoms with van der Waals surface area (Å²) in [5.41, 5.74) is 4.83. The van der Waals surface area contributed by atoms with Crippen LogP contribution in [0.15, 0.2) is 80.8 Å². The van der Waals surface area contributed by atoms with Crippen LogP contribution in [0.2, 0.25) is 0 Å². The van der Waals surface area contributed by atoms with E-state index >= 15 is 0 Å². The predicted octanol–water partition coefficient (Wildman–Crippen LogP) is -0.343. The fourth-order valence-electron chi connectivity index (χ4n) is 3.86. The first-order valence-corrected chi connectivity index (χ1v) is 11.9. The van der Waals surface area contributed by atoms with Crippen molar-refractivity contribution in [2.24, 2.45) is 0 Å². The third-order valence-corrected chi connectivity index (χ3v) is 5.81. The molecule has 38 heavy (non-hydrogen) atoms. The molecule has 4 rings (SSSR count). The fraction of sp³-hybridized carbons (Fsp3) is 0.250. The zero-order chi connectivity index (χ0) is 26.4. The minimum Gasteiger partial charge on any atom is -0.489 e. The summed E-state index contributed by atoms with van der Waals surface area (Å²) in [5, 5.41) is 2.94. The number of aromatic nitrogens is 2. The molecule has 0 aliphatic heterocycles. The summed E-state index contributed by atoms with van der Waals surface area (Å²) in [7, 11) is 3.94. The van der Waals surface area contributed by atoms with Gasteiger partial charge in [0.05, 0.1) is 0 Å². The van der Waals surface area contributed by atoms with Gasteiger partial charge in [0.1, 0.15) is 12.4 Å². The van der Waals surface area contributed by atoms with Crippen LogP contribution in [0.1, 0.15) is 27.0 Å². The Labute approximate surface area is 242 Å².